The lowest BCUT2D eigenvalue weighted by Crippen LogP contribution is -2.04. The van der Waals surface area contributed by atoms with Crippen molar-refractivity contribution in [3.05, 3.63) is 40.7 Å². The van der Waals surface area contributed by atoms with Crippen LogP contribution < -0.4 is 4.74 Å². The summed E-state index contributed by atoms with van der Waals surface area (Å²) in [6.07, 6.45) is -0.772. The van der Waals surface area contributed by atoms with Crippen LogP contribution in [0.3, 0.4) is 0 Å². The summed E-state index contributed by atoms with van der Waals surface area (Å²) in [7, 11) is 1.57. The summed E-state index contributed by atoms with van der Waals surface area (Å²) in [6.45, 7) is 11.0. The average molecular weight is 219 g/mol. The largest absolute Gasteiger partial charge is 0.496 e. The summed E-state index contributed by atoms with van der Waals surface area (Å²) < 4.78 is 5.18. The third-order valence-corrected chi connectivity index (χ3v) is 2.54. The summed E-state index contributed by atoms with van der Waals surface area (Å²) in [4.78, 5) is 3.21. The summed E-state index contributed by atoms with van der Waals surface area (Å²) in [6, 6.07) is 5.74. The van der Waals surface area contributed by atoms with Crippen molar-refractivity contribution in [3.63, 3.8) is 0 Å². The normalized spacial score (nSPS) is 12.2. The van der Waals surface area contributed by atoms with E-state index in [1.54, 1.807) is 7.11 Å². The van der Waals surface area contributed by atoms with E-state index in [1.165, 1.54) is 0 Å². The number of nitrogens with zero attached hydrogens (tertiary/aromatic N) is 1. The first-order valence-corrected chi connectivity index (χ1v) is 5.29. The van der Waals surface area contributed by atoms with Gasteiger partial charge in [-0.2, -0.15) is 0 Å². The smallest absolute Gasteiger partial charge is 0.244 e. The van der Waals surface area contributed by atoms with Crippen LogP contribution in [0.2, 0.25) is 0 Å². The minimum Gasteiger partial charge on any atom is -0.496 e. The van der Waals surface area contributed by atoms with Crippen molar-refractivity contribution in [2.45, 2.75) is 25.9 Å². The van der Waals surface area contributed by atoms with Gasteiger partial charge in [0, 0.05) is 5.56 Å². The number of benzene rings is 1. The van der Waals surface area contributed by atoms with E-state index in [0.717, 1.165) is 5.56 Å². The molecule has 1 aromatic rings. The third-order valence-electron chi connectivity index (χ3n) is 2.54. The van der Waals surface area contributed by atoms with Crippen LogP contribution in [0, 0.1) is 6.57 Å². The Hall–Kier alpha value is -1.53. The first-order chi connectivity index (χ1) is 7.60. The zero-order chi connectivity index (χ0) is 12.1. The summed E-state index contributed by atoms with van der Waals surface area (Å²) in [5.41, 5.74) is 1.84. The average Bonchev–Trinajstić information content (AvgIpc) is 2.28. The van der Waals surface area contributed by atoms with Gasteiger partial charge in [0.15, 0.2) is 6.10 Å². The third kappa shape index (κ3) is 2.74. The Bertz CT molecular complexity index is 393. The molecule has 0 saturated carbocycles. The van der Waals surface area contributed by atoms with Gasteiger partial charge in [0.2, 0.25) is 6.54 Å². The minimum atomic E-state index is -0.772. The molecule has 0 aliphatic heterocycles. The highest BCUT2D eigenvalue weighted by Crippen LogP contribution is 2.29. The van der Waals surface area contributed by atoms with E-state index in [2.05, 4.69) is 18.7 Å². The van der Waals surface area contributed by atoms with Gasteiger partial charge in [0.1, 0.15) is 5.75 Å². The molecule has 1 atom stereocenters. The van der Waals surface area contributed by atoms with Crippen LogP contribution in [-0.2, 0) is 0 Å². The van der Waals surface area contributed by atoms with Crippen LogP contribution in [0.15, 0.2) is 18.2 Å². The Labute approximate surface area is 96.5 Å². The summed E-state index contributed by atoms with van der Waals surface area (Å²) in [5, 5.41) is 9.84. The molecule has 0 aromatic heterocycles. The van der Waals surface area contributed by atoms with Crippen LogP contribution >= 0.6 is 0 Å². The van der Waals surface area contributed by atoms with Gasteiger partial charge in [-0.15, -0.1) is 0 Å². The molecular weight excluding hydrogens is 202 g/mol. The van der Waals surface area contributed by atoms with E-state index in [4.69, 9.17) is 11.3 Å². The SMILES string of the molecule is [C-]#[N+]CC(O)c1cc(C(C)C)ccc1OC. The first-order valence-electron chi connectivity index (χ1n) is 5.29. The Morgan fingerprint density at radius 2 is 2.12 bits per heavy atom. The Morgan fingerprint density at radius 3 is 2.62 bits per heavy atom. The molecule has 0 spiro atoms. The van der Waals surface area contributed by atoms with E-state index in [-0.39, 0.29) is 6.54 Å². The van der Waals surface area contributed by atoms with Crippen molar-refractivity contribution >= 4 is 0 Å². The van der Waals surface area contributed by atoms with Crippen LogP contribution in [0.5, 0.6) is 5.75 Å². The number of rotatable bonds is 4. The lowest BCUT2D eigenvalue weighted by Gasteiger charge is -2.14. The fourth-order valence-electron chi connectivity index (χ4n) is 1.56. The molecule has 0 amide bonds. The molecule has 3 nitrogen and oxygen atoms in total. The highest BCUT2D eigenvalue weighted by atomic mass is 16.5. The van der Waals surface area contributed by atoms with Gasteiger partial charge in [-0.05, 0) is 23.6 Å². The second-order valence-electron chi connectivity index (χ2n) is 4.01. The fraction of sp³-hybridized carbons (Fsp3) is 0.462. The molecule has 0 saturated heterocycles. The Kier molecular flexibility index (Phi) is 4.33. The molecule has 0 bridgehead atoms. The predicted molar refractivity (Wildman–Crippen MR) is 63.5 cm³/mol. The Morgan fingerprint density at radius 1 is 1.44 bits per heavy atom. The quantitative estimate of drug-likeness (QED) is 0.790. The standard InChI is InChI=1S/C13H17NO2/c1-9(2)10-5-6-13(16-4)11(7-10)12(15)8-14-3/h5-7,9,12,15H,8H2,1-2,4H3. The predicted octanol–water partition coefficient (Wildman–Crippen LogP) is 2.77. The van der Waals surface area contributed by atoms with Crippen LogP contribution in [0.25, 0.3) is 4.85 Å². The minimum absolute atomic E-state index is 0.0674. The fourth-order valence-corrected chi connectivity index (χ4v) is 1.56. The monoisotopic (exact) mass is 219 g/mol. The maximum atomic E-state index is 9.84. The van der Waals surface area contributed by atoms with Crippen molar-refractivity contribution in [2.24, 2.45) is 0 Å². The molecule has 16 heavy (non-hydrogen) atoms. The van der Waals surface area contributed by atoms with Gasteiger partial charge in [-0.1, -0.05) is 19.9 Å². The van der Waals surface area contributed by atoms with Gasteiger partial charge in [-0.25, -0.2) is 6.57 Å². The van der Waals surface area contributed by atoms with Gasteiger partial charge < -0.3 is 14.7 Å². The lowest BCUT2D eigenvalue weighted by molar-refractivity contribution is 0.190. The van der Waals surface area contributed by atoms with E-state index in [1.807, 2.05) is 18.2 Å². The van der Waals surface area contributed by atoms with Gasteiger partial charge >= 0.3 is 0 Å². The van der Waals surface area contributed by atoms with E-state index in [9.17, 15) is 5.11 Å². The van der Waals surface area contributed by atoms with Crippen LogP contribution in [0.1, 0.15) is 37.0 Å². The molecule has 0 aliphatic rings. The second kappa shape index (κ2) is 5.53. The first kappa shape index (κ1) is 12.5. The molecule has 86 valence electrons. The molecule has 0 fully saturated rings. The number of ether oxygens (including phenoxy) is 1. The van der Waals surface area contributed by atoms with Crippen molar-refractivity contribution < 1.29 is 9.84 Å². The highest BCUT2D eigenvalue weighted by molar-refractivity contribution is 5.40. The second-order valence-corrected chi connectivity index (χ2v) is 4.01. The van der Waals surface area contributed by atoms with E-state index < -0.39 is 6.10 Å². The van der Waals surface area contributed by atoms with E-state index >= 15 is 0 Å². The number of hydrogen-bond donors (Lipinski definition) is 1. The molecule has 0 heterocycles. The lowest BCUT2D eigenvalue weighted by atomic mass is 9.98. The molecule has 0 aliphatic carbocycles. The molecule has 0 radical (unpaired) electrons. The van der Waals surface area contributed by atoms with Gasteiger partial charge in [0.25, 0.3) is 0 Å². The molecule has 3 heteroatoms. The summed E-state index contributed by atoms with van der Waals surface area (Å²) >= 11 is 0. The summed E-state index contributed by atoms with van der Waals surface area (Å²) in [5.74, 6) is 1.03. The molecule has 1 N–H and O–H groups in total. The highest BCUT2D eigenvalue weighted by Gasteiger charge is 2.16. The van der Waals surface area contributed by atoms with E-state index in [0.29, 0.717) is 17.2 Å². The molecule has 1 aromatic carbocycles. The Balaban J connectivity index is 3.12. The van der Waals surface area contributed by atoms with Crippen molar-refractivity contribution in [1.29, 1.82) is 0 Å². The number of aliphatic hydroxyl groups excluding tert-OH is 1. The molecular formula is C13H17NO2. The van der Waals surface area contributed by atoms with Crippen LogP contribution in [-0.4, -0.2) is 18.8 Å². The maximum absolute atomic E-state index is 9.84. The zero-order valence-electron chi connectivity index (χ0n) is 9.90. The van der Waals surface area contributed by atoms with Gasteiger partial charge in [0.05, 0.1) is 7.11 Å². The molecule has 1 unspecified atom stereocenters. The number of methoxy groups -OCH3 is 1. The molecule has 1 rings (SSSR count). The van der Waals surface area contributed by atoms with Crippen molar-refractivity contribution in [2.75, 3.05) is 13.7 Å². The number of hydrogen-bond acceptors (Lipinski definition) is 2. The number of aliphatic hydroxyl groups is 1. The van der Waals surface area contributed by atoms with Crippen molar-refractivity contribution in [3.8, 4) is 5.75 Å². The zero-order valence-corrected chi connectivity index (χ0v) is 9.90. The maximum Gasteiger partial charge on any atom is 0.244 e. The van der Waals surface area contributed by atoms with Crippen molar-refractivity contribution in [1.82, 2.24) is 0 Å². The van der Waals surface area contributed by atoms with Gasteiger partial charge in [-0.3, -0.25) is 0 Å². The van der Waals surface area contributed by atoms with Crippen LogP contribution in [0.4, 0.5) is 0 Å². The topological polar surface area (TPSA) is 33.8 Å².